The highest BCUT2D eigenvalue weighted by Gasteiger charge is 2.17. The number of nitrogens with zero attached hydrogens (tertiary/aromatic N) is 3. The van der Waals surface area contributed by atoms with Crippen LogP contribution in [0.3, 0.4) is 0 Å². The molecule has 0 aliphatic rings. The average molecular weight is 489 g/mol. The van der Waals surface area contributed by atoms with Crippen LogP contribution < -0.4 is 14.8 Å². The maximum absolute atomic E-state index is 12.7. The monoisotopic (exact) mass is 488 g/mol. The van der Waals surface area contributed by atoms with Crippen molar-refractivity contribution < 1.29 is 14.3 Å². The van der Waals surface area contributed by atoms with Crippen molar-refractivity contribution in [3.63, 3.8) is 0 Å². The van der Waals surface area contributed by atoms with E-state index >= 15 is 0 Å². The number of thiazole rings is 1. The summed E-state index contributed by atoms with van der Waals surface area (Å²) >= 11 is 13.6. The summed E-state index contributed by atoms with van der Waals surface area (Å²) in [5.74, 6) is 1.40. The first kappa shape index (κ1) is 22.1. The van der Waals surface area contributed by atoms with Crippen molar-refractivity contribution >= 4 is 46.3 Å². The number of ether oxygens (including phenoxy) is 2. The summed E-state index contributed by atoms with van der Waals surface area (Å²) in [7, 11) is 4.92. The van der Waals surface area contributed by atoms with Gasteiger partial charge in [-0.3, -0.25) is 9.48 Å². The summed E-state index contributed by atoms with van der Waals surface area (Å²) < 4.78 is 12.2. The van der Waals surface area contributed by atoms with E-state index in [0.29, 0.717) is 38.1 Å². The number of methoxy groups -OCH3 is 2. The van der Waals surface area contributed by atoms with Crippen LogP contribution in [0.5, 0.6) is 11.5 Å². The van der Waals surface area contributed by atoms with Gasteiger partial charge in [0.05, 0.1) is 30.5 Å². The number of halogens is 2. The molecule has 0 unspecified atom stereocenters. The average Bonchev–Trinajstić information content (AvgIpc) is 3.42. The fourth-order valence-corrected chi connectivity index (χ4v) is 4.22. The highest BCUT2D eigenvalue weighted by molar-refractivity contribution is 7.13. The molecule has 0 radical (unpaired) electrons. The molecule has 0 aliphatic heterocycles. The number of nitrogens with one attached hydrogen (secondary N) is 1. The van der Waals surface area contributed by atoms with Gasteiger partial charge in [-0.15, -0.1) is 11.3 Å². The van der Waals surface area contributed by atoms with E-state index in [1.54, 1.807) is 44.1 Å². The number of hydrogen-bond acceptors (Lipinski definition) is 6. The quantitative estimate of drug-likeness (QED) is 0.371. The largest absolute Gasteiger partial charge is 0.493 e. The molecule has 0 fully saturated rings. The number of anilines is 1. The van der Waals surface area contributed by atoms with Crippen molar-refractivity contribution in [2.75, 3.05) is 19.5 Å². The van der Waals surface area contributed by atoms with Crippen LogP contribution in [0.25, 0.3) is 22.0 Å². The minimum atomic E-state index is -0.378. The SMILES string of the molecule is COc1ccc(-c2csc(-c3cc(NC(=O)c4cc(Cl)ccc4Cl)n(C)n3)n2)cc1OC. The van der Waals surface area contributed by atoms with Gasteiger partial charge in [0.2, 0.25) is 0 Å². The molecular weight excluding hydrogens is 471 g/mol. The van der Waals surface area contributed by atoms with Crippen molar-refractivity contribution in [1.29, 1.82) is 0 Å². The number of aromatic nitrogens is 3. The van der Waals surface area contributed by atoms with Gasteiger partial charge in [0.25, 0.3) is 5.91 Å². The molecule has 10 heteroatoms. The van der Waals surface area contributed by atoms with Gasteiger partial charge in [-0.2, -0.15) is 5.10 Å². The van der Waals surface area contributed by atoms with E-state index in [2.05, 4.69) is 10.4 Å². The fraction of sp³-hybridized carbons (Fsp3) is 0.136. The molecule has 0 saturated carbocycles. The summed E-state index contributed by atoms with van der Waals surface area (Å²) in [6.45, 7) is 0. The molecule has 0 saturated heterocycles. The summed E-state index contributed by atoms with van der Waals surface area (Å²) in [5.41, 5.74) is 2.60. The third kappa shape index (κ3) is 4.43. The topological polar surface area (TPSA) is 78.3 Å². The van der Waals surface area contributed by atoms with Gasteiger partial charge in [-0.25, -0.2) is 4.98 Å². The number of amides is 1. The Labute approximate surface area is 198 Å². The van der Waals surface area contributed by atoms with Gasteiger partial charge in [0.1, 0.15) is 16.5 Å². The Bertz CT molecular complexity index is 1300. The molecule has 4 rings (SSSR count). The van der Waals surface area contributed by atoms with Crippen molar-refractivity contribution in [2.24, 2.45) is 7.05 Å². The predicted octanol–water partition coefficient (Wildman–Crippen LogP) is 5.79. The van der Waals surface area contributed by atoms with Gasteiger partial charge in [-0.05, 0) is 36.4 Å². The lowest BCUT2D eigenvalue weighted by atomic mass is 10.1. The van der Waals surface area contributed by atoms with Crippen LogP contribution in [0.15, 0.2) is 47.8 Å². The number of carbonyl (C=O) groups excluding carboxylic acids is 1. The third-order valence-corrected chi connectivity index (χ3v) is 6.13. The Morgan fingerprint density at radius 1 is 1.03 bits per heavy atom. The summed E-state index contributed by atoms with van der Waals surface area (Å²) in [5, 5.41) is 10.7. The molecule has 0 atom stereocenters. The number of hydrogen-bond donors (Lipinski definition) is 1. The molecule has 0 aliphatic carbocycles. The zero-order valence-electron chi connectivity index (χ0n) is 17.3. The molecule has 2 aromatic carbocycles. The zero-order valence-corrected chi connectivity index (χ0v) is 19.7. The minimum Gasteiger partial charge on any atom is -0.493 e. The van der Waals surface area contributed by atoms with Crippen LogP contribution in [0.2, 0.25) is 10.0 Å². The van der Waals surface area contributed by atoms with E-state index < -0.39 is 0 Å². The lowest BCUT2D eigenvalue weighted by molar-refractivity contribution is 0.102. The van der Waals surface area contributed by atoms with E-state index in [-0.39, 0.29) is 11.5 Å². The number of benzene rings is 2. The lowest BCUT2D eigenvalue weighted by Crippen LogP contribution is -2.15. The molecule has 2 aromatic heterocycles. The predicted molar refractivity (Wildman–Crippen MR) is 127 cm³/mol. The minimum absolute atomic E-state index is 0.284. The molecule has 1 N–H and O–H groups in total. The van der Waals surface area contributed by atoms with Crippen LogP contribution in [-0.2, 0) is 7.05 Å². The smallest absolute Gasteiger partial charge is 0.258 e. The van der Waals surface area contributed by atoms with Crippen molar-refractivity contribution in [3.8, 4) is 33.5 Å². The number of carbonyl (C=O) groups is 1. The molecule has 32 heavy (non-hydrogen) atoms. The van der Waals surface area contributed by atoms with Gasteiger partial charge < -0.3 is 14.8 Å². The van der Waals surface area contributed by atoms with Crippen LogP contribution in [0, 0.1) is 0 Å². The Balaban J connectivity index is 1.58. The van der Waals surface area contributed by atoms with Crippen LogP contribution in [-0.4, -0.2) is 34.9 Å². The second kappa shape index (κ2) is 9.20. The molecule has 2 heterocycles. The molecule has 164 valence electrons. The van der Waals surface area contributed by atoms with Crippen molar-refractivity contribution in [1.82, 2.24) is 14.8 Å². The molecule has 0 bridgehead atoms. The Morgan fingerprint density at radius 2 is 1.81 bits per heavy atom. The first-order chi connectivity index (χ1) is 15.4. The standard InChI is InChI=1S/C22H18Cl2N4O3S/c1-28-20(26-21(29)14-9-13(23)5-6-15(14)24)10-16(27-28)22-25-17(11-32-22)12-4-7-18(30-2)19(8-12)31-3/h4-11H,1-3H3,(H,26,29). The molecule has 4 aromatic rings. The third-order valence-electron chi connectivity index (χ3n) is 4.70. The highest BCUT2D eigenvalue weighted by Crippen LogP contribution is 2.35. The normalized spacial score (nSPS) is 10.8. The zero-order chi connectivity index (χ0) is 22.8. The lowest BCUT2D eigenvalue weighted by Gasteiger charge is -2.08. The van der Waals surface area contributed by atoms with Gasteiger partial charge >= 0.3 is 0 Å². The van der Waals surface area contributed by atoms with E-state index in [9.17, 15) is 4.79 Å². The second-order valence-electron chi connectivity index (χ2n) is 6.72. The van der Waals surface area contributed by atoms with Gasteiger partial charge in [0, 0.05) is 29.1 Å². The first-order valence-electron chi connectivity index (χ1n) is 9.38. The van der Waals surface area contributed by atoms with Crippen LogP contribution in [0.1, 0.15) is 10.4 Å². The van der Waals surface area contributed by atoms with E-state index in [0.717, 1.165) is 11.3 Å². The highest BCUT2D eigenvalue weighted by atomic mass is 35.5. The second-order valence-corrected chi connectivity index (χ2v) is 8.43. The fourth-order valence-electron chi connectivity index (χ4n) is 3.06. The summed E-state index contributed by atoms with van der Waals surface area (Å²) in [4.78, 5) is 17.4. The molecule has 7 nitrogen and oxygen atoms in total. The Hall–Kier alpha value is -3.07. The Kier molecular flexibility index (Phi) is 6.36. The summed E-state index contributed by atoms with van der Waals surface area (Å²) in [6.07, 6.45) is 0. The number of rotatable bonds is 6. The number of aryl methyl sites for hydroxylation is 1. The van der Waals surface area contributed by atoms with Crippen LogP contribution >= 0.6 is 34.5 Å². The van der Waals surface area contributed by atoms with E-state index in [4.69, 9.17) is 37.7 Å². The van der Waals surface area contributed by atoms with Gasteiger partial charge in [0.15, 0.2) is 11.5 Å². The van der Waals surface area contributed by atoms with Crippen molar-refractivity contribution in [3.05, 3.63) is 63.5 Å². The molecule has 0 spiro atoms. The molecule has 1 amide bonds. The maximum Gasteiger partial charge on any atom is 0.258 e. The Morgan fingerprint density at radius 3 is 2.56 bits per heavy atom. The van der Waals surface area contributed by atoms with Crippen molar-refractivity contribution in [2.45, 2.75) is 0 Å². The summed E-state index contributed by atoms with van der Waals surface area (Å²) in [6, 6.07) is 12.1. The molecular formula is C22H18Cl2N4O3S. The van der Waals surface area contributed by atoms with Gasteiger partial charge in [-0.1, -0.05) is 23.2 Å². The van der Waals surface area contributed by atoms with E-state index in [1.807, 2.05) is 23.6 Å². The van der Waals surface area contributed by atoms with Crippen LogP contribution in [0.4, 0.5) is 5.82 Å². The van der Waals surface area contributed by atoms with E-state index in [1.165, 1.54) is 17.4 Å². The first-order valence-corrected chi connectivity index (χ1v) is 11.0. The maximum atomic E-state index is 12.7.